The lowest BCUT2D eigenvalue weighted by molar-refractivity contribution is 0.228. The van der Waals surface area contributed by atoms with Gasteiger partial charge in [-0.1, -0.05) is 121 Å². The molecule has 1 atom stereocenters. The number of nitrogens with one attached hydrogen (secondary N) is 1. The number of hydrogen-bond acceptors (Lipinski definition) is 4. The fourth-order valence-electron chi connectivity index (χ4n) is 4.21. The van der Waals surface area contributed by atoms with Crippen molar-refractivity contribution in [3.05, 3.63) is 139 Å². The van der Waals surface area contributed by atoms with Gasteiger partial charge in [0, 0.05) is 11.3 Å². The minimum atomic E-state index is -0.399. The third-order valence-corrected chi connectivity index (χ3v) is 6.04. The summed E-state index contributed by atoms with van der Waals surface area (Å²) < 4.78 is 0. The molecule has 0 aliphatic carbocycles. The van der Waals surface area contributed by atoms with Crippen molar-refractivity contribution in [1.29, 1.82) is 0 Å². The first-order valence-electron chi connectivity index (χ1n) is 11.8. The van der Waals surface area contributed by atoms with Crippen molar-refractivity contribution in [2.24, 2.45) is 10.8 Å². The van der Waals surface area contributed by atoms with Gasteiger partial charge in [-0.25, -0.2) is 0 Å². The van der Waals surface area contributed by atoms with Crippen LogP contribution in [-0.2, 0) is 0 Å². The van der Waals surface area contributed by atoms with E-state index in [1.165, 1.54) is 21.9 Å². The van der Waals surface area contributed by atoms with Crippen molar-refractivity contribution < 1.29 is 0 Å². The molecule has 0 radical (unpaired) electrons. The summed E-state index contributed by atoms with van der Waals surface area (Å²) in [5.74, 6) is 0. The minimum absolute atomic E-state index is 0.399. The monoisotopic (exact) mass is 456 g/mol. The predicted octanol–water partition coefficient (Wildman–Crippen LogP) is 6.87. The van der Waals surface area contributed by atoms with Crippen LogP contribution in [0.5, 0.6) is 0 Å². The van der Waals surface area contributed by atoms with Crippen LogP contribution in [0.4, 0.5) is 5.69 Å². The molecular formula is C31H28N4. The van der Waals surface area contributed by atoms with Crippen LogP contribution >= 0.6 is 0 Å². The summed E-state index contributed by atoms with van der Waals surface area (Å²) in [6.07, 6.45) is 1.45. The molecule has 0 amide bonds. The number of nitrogens with zero attached hydrogens (tertiary/aromatic N) is 2. The molecule has 0 aliphatic heterocycles. The molecule has 1 unspecified atom stereocenters. The van der Waals surface area contributed by atoms with E-state index in [0.717, 1.165) is 16.8 Å². The normalized spacial score (nSPS) is 12.0. The molecule has 35 heavy (non-hydrogen) atoms. The van der Waals surface area contributed by atoms with Crippen LogP contribution in [0.15, 0.2) is 132 Å². The molecular weight excluding hydrogens is 428 g/mol. The van der Waals surface area contributed by atoms with E-state index in [0.29, 0.717) is 6.67 Å². The molecule has 5 rings (SSSR count). The van der Waals surface area contributed by atoms with Crippen molar-refractivity contribution >= 4 is 22.7 Å². The summed E-state index contributed by atoms with van der Waals surface area (Å²) >= 11 is 0. The highest BCUT2D eigenvalue weighted by Gasteiger charge is 2.16. The van der Waals surface area contributed by atoms with Crippen LogP contribution in [0.2, 0.25) is 0 Å². The third-order valence-electron chi connectivity index (χ3n) is 6.04. The fourth-order valence-corrected chi connectivity index (χ4v) is 4.21. The van der Waals surface area contributed by atoms with Crippen LogP contribution in [0, 0.1) is 0 Å². The zero-order valence-corrected chi connectivity index (χ0v) is 19.5. The second-order valence-electron chi connectivity index (χ2n) is 8.36. The SMILES string of the molecule is NC(c1ccccc1)N(CNc1ccc2ccccc2c1-c1ccccc1)/N=C/c1ccccc1. The molecule has 0 bridgehead atoms. The maximum Gasteiger partial charge on any atom is 0.122 e. The van der Waals surface area contributed by atoms with Crippen LogP contribution in [-0.4, -0.2) is 17.9 Å². The Morgan fingerprint density at radius 1 is 0.714 bits per heavy atom. The summed E-state index contributed by atoms with van der Waals surface area (Å²) in [6, 6.07) is 43.3. The highest BCUT2D eigenvalue weighted by atomic mass is 15.5. The van der Waals surface area contributed by atoms with Crippen molar-refractivity contribution in [3.63, 3.8) is 0 Å². The van der Waals surface area contributed by atoms with Crippen molar-refractivity contribution in [3.8, 4) is 11.1 Å². The van der Waals surface area contributed by atoms with Gasteiger partial charge in [0.1, 0.15) is 12.8 Å². The molecule has 5 aromatic carbocycles. The third kappa shape index (κ3) is 5.24. The van der Waals surface area contributed by atoms with Gasteiger partial charge in [0.2, 0.25) is 0 Å². The summed E-state index contributed by atoms with van der Waals surface area (Å²) in [5, 5.41) is 12.7. The topological polar surface area (TPSA) is 53.6 Å². The van der Waals surface area contributed by atoms with E-state index >= 15 is 0 Å². The van der Waals surface area contributed by atoms with Crippen molar-refractivity contribution in [2.75, 3.05) is 12.0 Å². The van der Waals surface area contributed by atoms with E-state index in [1.54, 1.807) is 0 Å². The van der Waals surface area contributed by atoms with Gasteiger partial charge in [-0.05, 0) is 33.5 Å². The number of rotatable bonds is 8. The van der Waals surface area contributed by atoms with Gasteiger partial charge in [0.05, 0.1) is 6.21 Å². The van der Waals surface area contributed by atoms with E-state index in [4.69, 9.17) is 10.8 Å². The Kier molecular flexibility index (Phi) is 6.83. The molecule has 0 heterocycles. The van der Waals surface area contributed by atoms with Crippen LogP contribution in [0.1, 0.15) is 17.3 Å². The van der Waals surface area contributed by atoms with Crippen LogP contribution < -0.4 is 11.1 Å². The molecule has 0 spiro atoms. The van der Waals surface area contributed by atoms with Crippen molar-refractivity contribution in [2.45, 2.75) is 6.17 Å². The smallest absolute Gasteiger partial charge is 0.122 e. The molecule has 0 saturated heterocycles. The lowest BCUT2D eigenvalue weighted by Crippen LogP contribution is -2.34. The highest BCUT2D eigenvalue weighted by Crippen LogP contribution is 2.35. The molecule has 3 N–H and O–H groups in total. The molecule has 4 heteroatoms. The lowest BCUT2D eigenvalue weighted by atomic mass is 9.96. The summed E-state index contributed by atoms with van der Waals surface area (Å²) in [6.45, 7) is 0.442. The summed E-state index contributed by atoms with van der Waals surface area (Å²) in [4.78, 5) is 0. The zero-order chi connectivity index (χ0) is 23.9. The highest BCUT2D eigenvalue weighted by molar-refractivity contribution is 6.02. The first kappa shape index (κ1) is 22.4. The second-order valence-corrected chi connectivity index (χ2v) is 8.36. The zero-order valence-electron chi connectivity index (χ0n) is 19.5. The Labute approximate surface area is 206 Å². The molecule has 0 aromatic heterocycles. The molecule has 172 valence electrons. The molecule has 0 aliphatic rings. The molecule has 0 fully saturated rings. The molecule has 0 saturated carbocycles. The quantitative estimate of drug-likeness (QED) is 0.152. The fraction of sp³-hybridized carbons (Fsp3) is 0.0645. The number of hydrogen-bond donors (Lipinski definition) is 2. The Balaban J connectivity index is 1.49. The van der Waals surface area contributed by atoms with Gasteiger partial charge >= 0.3 is 0 Å². The van der Waals surface area contributed by atoms with Crippen molar-refractivity contribution in [1.82, 2.24) is 5.01 Å². The number of anilines is 1. The summed E-state index contributed by atoms with van der Waals surface area (Å²) in [7, 11) is 0. The number of benzene rings is 5. The van der Waals surface area contributed by atoms with Gasteiger partial charge in [0.25, 0.3) is 0 Å². The number of nitrogens with two attached hydrogens (primary N) is 1. The maximum absolute atomic E-state index is 6.68. The van der Waals surface area contributed by atoms with Crippen LogP contribution in [0.25, 0.3) is 21.9 Å². The van der Waals surface area contributed by atoms with Gasteiger partial charge in [-0.2, -0.15) is 5.10 Å². The standard InChI is InChI=1S/C31H28N4/c32-31(27-17-8-3-9-18-27)35(34-22-24-12-4-1-5-13-24)23-33-29-21-20-25-14-10-11-19-28(25)30(29)26-15-6-2-7-16-26/h1-22,31,33H,23,32H2/b34-22+. The lowest BCUT2D eigenvalue weighted by Gasteiger charge is -2.28. The minimum Gasteiger partial charge on any atom is -0.366 e. The molecule has 4 nitrogen and oxygen atoms in total. The van der Waals surface area contributed by atoms with Gasteiger partial charge in [0.15, 0.2) is 0 Å². The second kappa shape index (κ2) is 10.7. The Morgan fingerprint density at radius 2 is 1.34 bits per heavy atom. The Bertz CT molecular complexity index is 1400. The van der Waals surface area contributed by atoms with E-state index in [9.17, 15) is 0 Å². The predicted molar refractivity (Wildman–Crippen MR) is 147 cm³/mol. The number of fused-ring (bicyclic) bond motifs is 1. The average Bonchev–Trinajstić information content (AvgIpc) is 2.94. The number of hydrazone groups is 1. The maximum atomic E-state index is 6.68. The van der Waals surface area contributed by atoms with Gasteiger partial charge < -0.3 is 11.1 Å². The Morgan fingerprint density at radius 3 is 2.09 bits per heavy atom. The van der Waals surface area contributed by atoms with E-state index in [2.05, 4.69) is 66.0 Å². The van der Waals surface area contributed by atoms with Gasteiger partial charge in [-0.15, -0.1) is 0 Å². The van der Waals surface area contributed by atoms with Crippen LogP contribution in [0.3, 0.4) is 0 Å². The average molecular weight is 457 g/mol. The summed E-state index contributed by atoms with van der Waals surface area (Å²) in [5.41, 5.74) is 12.1. The van der Waals surface area contributed by atoms with Gasteiger partial charge in [-0.3, -0.25) is 5.01 Å². The largest absolute Gasteiger partial charge is 0.366 e. The first-order chi connectivity index (χ1) is 17.3. The van der Waals surface area contributed by atoms with E-state index in [-0.39, 0.29) is 0 Å². The van der Waals surface area contributed by atoms with E-state index in [1.807, 2.05) is 78.0 Å². The first-order valence-corrected chi connectivity index (χ1v) is 11.8. The van der Waals surface area contributed by atoms with E-state index < -0.39 is 6.17 Å². The Hall–Kier alpha value is -4.41. The molecule has 5 aromatic rings.